The number of aromatic nitrogens is 3. The Morgan fingerprint density at radius 2 is 1.59 bits per heavy atom. The monoisotopic (exact) mass is 569 g/mol. The molecule has 5 aromatic rings. The lowest BCUT2D eigenvalue weighted by molar-refractivity contribution is -0.143. The second kappa shape index (κ2) is 10.8. The van der Waals surface area contributed by atoms with Gasteiger partial charge in [-0.1, -0.05) is 30.3 Å². The molecule has 0 unspecified atom stereocenters. The van der Waals surface area contributed by atoms with Crippen molar-refractivity contribution in [3.8, 4) is 34.0 Å². The van der Waals surface area contributed by atoms with Crippen LogP contribution in [-0.2, 0) is 12.8 Å². The Morgan fingerprint density at radius 1 is 0.878 bits per heavy atom. The molecule has 0 saturated carbocycles. The van der Waals surface area contributed by atoms with Crippen LogP contribution in [0, 0.1) is 17.5 Å². The van der Waals surface area contributed by atoms with E-state index in [2.05, 4.69) is 10.1 Å². The van der Waals surface area contributed by atoms with E-state index in [1.54, 1.807) is 6.07 Å². The van der Waals surface area contributed by atoms with Crippen LogP contribution in [0.5, 0.6) is 5.75 Å². The second-order valence-corrected chi connectivity index (χ2v) is 8.74. The highest BCUT2D eigenvalue weighted by Crippen LogP contribution is 2.35. The van der Waals surface area contributed by atoms with Crippen LogP contribution >= 0.6 is 0 Å². The molecular weight excluding hydrogens is 552 g/mol. The zero-order valence-corrected chi connectivity index (χ0v) is 20.7. The van der Waals surface area contributed by atoms with Crippen molar-refractivity contribution in [2.75, 3.05) is 0 Å². The molecule has 3 aromatic carbocycles. The number of aromatic carboxylic acids is 1. The first kappa shape index (κ1) is 27.4. The molecule has 0 aliphatic carbocycles. The highest BCUT2D eigenvalue weighted by atomic mass is 19.4. The van der Waals surface area contributed by atoms with Crippen molar-refractivity contribution in [2.24, 2.45) is 0 Å². The zero-order chi connectivity index (χ0) is 29.3. The summed E-state index contributed by atoms with van der Waals surface area (Å²) >= 11 is 0. The van der Waals surface area contributed by atoms with Crippen molar-refractivity contribution < 1.29 is 41.0 Å². The van der Waals surface area contributed by atoms with Crippen molar-refractivity contribution in [2.45, 2.75) is 12.8 Å². The predicted octanol–water partition coefficient (Wildman–Crippen LogP) is 7.31. The van der Waals surface area contributed by atoms with Gasteiger partial charge in [0.05, 0.1) is 11.9 Å². The topological polar surface area (TPSA) is 77.2 Å². The molecule has 2 aromatic heterocycles. The first-order chi connectivity index (χ1) is 19.5. The standard InChI is InChI=1S/C29H17F6N3O3/c30-19-8-6-16(7-9-19)17-4-5-18(23(32)12-17)15-41-25-11-10-20(31)13-21(25)24-2-1-3-26(37-24)38-27(29(33,34)35)22(14-36-38)28(39)40/h1-14H,15H2,(H,39,40). The lowest BCUT2D eigenvalue weighted by Gasteiger charge is -2.14. The number of carboxylic acids is 1. The number of ether oxygens (including phenoxy) is 1. The molecule has 0 atom stereocenters. The van der Waals surface area contributed by atoms with E-state index in [1.807, 2.05) is 0 Å². The Bertz CT molecular complexity index is 1750. The smallest absolute Gasteiger partial charge is 0.434 e. The number of benzene rings is 3. The van der Waals surface area contributed by atoms with Crippen molar-refractivity contribution in [3.05, 3.63) is 119 Å². The summed E-state index contributed by atoms with van der Waals surface area (Å²) in [6, 6.07) is 17.2. The van der Waals surface area contributed by atoms with Crippen LogP contribution < -0.4 is 4.74 Å². The fourth-order valence-corrected chi connectivity index (χ4v) is 4.11. The van der Waals surface area contributed by atoms with E-state index in [1.165, 1.54) is 60.7 Å². The number of hydrogen-bond donors (Lipinski definition) is 1. The van der Waals surface area contributed by atoms with Gasteiger partial charge in [-0.3, -0.25) is 0 Å². The second-order valence-electron chi connectivity index (χ2n) is 8.74. The van der Waals surface area contributed by atoms with E-state index in [9.17, 15) is 36.2 Å². The number of carbonyl (C=O) groups is 1. The van der Waals surface area contributed by atoms with E-state index in [0.29, 0.717) is 22.0 Å². The summed E-state index contributed by atoms with van der Waals surface area (Å²) in [4.78, 5) is 15.5. The van der Waals surface area contributed by atoms with E-state index in [4.69, 9.17) is 4.74 Å². The van der Waals surface area contributed by atoms with Crippen LogP contribution in [0.3, 0.4) is 0 Å². The number of alkyl halides is 3. The molecule has 0 aliphatic rings. The van der Waals surface area contributed by atoms with Crippen LogP contribution in [0.2, 0.25) is 0 Å². The van der Waals surface area contributed by atoms with Crippen molar-refractivity contribution in [1.29, 1.82) is 0 Å². The summed E-state index contributed by atoms with van der Waals surface area (Å²) in [7, 11) is 0. The number of rotatable bonds is 7. The maximum Gasteiger partial charge on any atom is 0.434 e. The molecule has 1 N–H and O–H groups in total. The lowest BCUT2D eigenvalue weighted by atomic mass is 10.0. The Hall–Kier alpha value is -5.13. The van der Waals surface area contributed by atoms with Crippen molar-refractivity contribution in [1.82, 2.24) is 14.8 Å². The largest absolute Gasteiger partial charge is 0.488 e. The SMILES string of the molecule is O=C(O)c1cnn(-c2cccc(-c3cc(F)ccc3OCc3ccc(-c4ccc(F)cc4)cc3F)n2)c1C(F)(F)F. The Balaban J connectivity index is 1.45. The van der Waals surface area contributed by atoms with Gasteiger partial charge in [-0.05, 0) is 59.7 Å². The van der Waals surface area contributed by atoms with Crippen LogP contribution in [0.4, 0.5) is 26.3 Å². The van der Waals surface area contributed by atoms with Crippen LogP contribution in [0.1, 0.15) is 21.6 Å². The third-order valence-corrected chi connectivity index (χ3v) is 6.05. The molecule has 6 nitrogen and oxygen atoms in total. The maximum atomic E-state index is 14.9. The van der Waals surface area contributed by atoms with E-state index >= 15 is 0 Å². The summed E-state index contributed by atoms with van der Waals surface area (Å²) in [5, 5.41) is 12.7. The van der Waals surface area contributed by atoms with Gasteiger partial charge in [0, 0.05) is 11.1 Å². The molecule has 12 heteroatoms. The Kier molecular flexibility index (Phi) is 7.22. The number of hydrogen-bond acceptors (Lipinski definition) is 4. The van der Waals surface area contributed by atoms with Gasteiger partial charge >= 0.3 is 12.1 Å². The van der Waals surface area contributed by atoms with Crippen molar-refractivity contribution >= 4 is 5.97 Å². The number of halogens is 6. The molecule has 208 valence electrons. The van der Waals surface area contributed by atoms with Gasteiger partial charge in [-0.15, -0.1) is 0 Å². The fourth-order valence-electron chi connectivity index (χ4n) is 4.11. The third-order valence-electron chi connectivity index (χ3n) is 6.05. The molecule has 0 amide bonds. The minimum Gasteiger partial charge on any atom is -0.488 e. The van der Waals surface area contributed by atoms with Gasteiger partial charge in [0.15, 0.2) is 11.5 Å². The first-order valence-electron chi connectivity index (χ1n) is 11.8. The minimum absolute atomic E-state index is 0.00960. The van der Waals surface area contributed by atoms with Gasteiger partial charge in [0.2, 0.25) is 0 Å². The summed E-state index contributed by atoms with van der Waals surface area (Å²) in [6.07, 6.45) is -4.50. The number of nitrogens with zero attached hydrogens (tertiary/aromatic N) is 3. The van der Waals surface area contributed by atoms with E-state index < -0.39 is 40.9 Å². The van der Waals surface area contributed by atoms with Crippen LogP contribution in [-0.4, -0.2) is 25.8 Å². The zero-order valence-electron chi connectivity index (χ0n) is 20.7. The molecule has 0 fully saturated rings. The minimum atomic E-state index is -5.06. The average molecular weight is 569 g/mol. The van der Waals surface area contributed by atoms with E-state index in [0.717, 1.165) is 12.1 Å². The summed E-state index contributed by atoms with van der Waals surface area (Å²) in [6.45, 7) is -0.285. The van der Waals surface area contributed by atoms with Crippen LogP contribution in [0.15, 0.2) is 85.1 Å². The van der Waals surface area contributed by atoms with Gasteiger partial charge < -0.3 is 9.84 Å². The van der Waals surface area contributed by atoms with Gasteiger partial charge in [0.1, 0.15) is 35.4 Å². The molecule has 0 bridgehead atoms. The predicted molar refractivity (Wildman–Crippen MR) is 135 cm³/mol. The highest BCUT2D eigenvalue weighted by molar-refractivity contribution is 5.89. The molecule has 0 aliphatic heterocycles. The van der Waals surface area contributed by atoms with Gasteiger partial charge in [0.25, 0.3) is 0 Å². The molecule has 2 heterocycles. The lowest BCUT2D eigenvalue weighted by Crippen LogP contribution is -2.18. The third kappa shape index (κ3) is 5.76. The summed E-state index contributed by atoms with van der Waals surface area (Å²) < 4.78 is 89.5. The molecule has 5 rings (SSSR count). The van der Waals surface area contributed by atoms with E-state index in [-0.39, 0.29) is 35.0 Å². The number of pyridine rings is 1. The Morgan fingerprint density at radius 3 is 2.27 bits per heavy atom. The quantitative estimate of drug-likeness (QED) is 0.208. The summed E-state index contributed by atoms with van der Waals surface area (Å²) in [5.74, 6) is -3.87. The average Bonchev–Trinajstić information content (AvgIpc) is 3.40. The molecule has 41 heavy (non-hydrogen) atoms. The van der Waals surface area contributed by atoms with Crippen LogP contribution in [0.25, 0.3) is 28.2 Å². The normalized spacial score (nSPS) is 11.5. The van der Waals surface area contributed by atoms with Crippen molar-refractivity contribution in [3.63, 3.8) is 0 Å². The molecule has 0 spiro atoms. The summed E-state index contributed by atoms with van der Waals surface area (Å²) in [5.41, 5.74) is -1.29. The Labute approximate surface area is 228 Å². The highest BCUT2D eigenvalue weighted by Gasteiger charge is 2.41. The first-order valence-corrected chi connectivity index (χ1v) is 11.8. The molecule has 0 saturated heterocycles. The van der Waals surface area contributed by atoms with Gasteiger partial charge in [-0.2, -0.15) is 18.3 Å². The molecular formula is C29H17F6N3O3. The molecule has 0 radical (unpaired) electrons. The maximum absolute atomic E-state index is 14.9. The van der Waals surface area contributed by atoms with Gasteiger partial charge in [-0.25, -0.2) is 27.6 Å². The number of carboxylic acid groups (broad SMARTS) is 1. The fraction of sp³-hybridized carbons (Fsp3) is 0.0690.